The van der Waals surface area contributed by atoms with Gasteiger partial charge in [0.25, 0.3) is 0 Å². The van der Waals surface area contributed by atoms with Crippen molar-refractivity contribution in [1.29, 1.82) is 0 Å². The number of ketones is 1. The fraction of sp³-hybridized carbons (Fsp3) is 0.438. The second kappa shape index (κ2) is 10.0. The van der Waals surface area contributed by atoms with E-state index in [1.807, 2.05) is 18.2 Å². The first kappa shape index (κ1) is 19.2. The molecule has 0 saturated carbocycles. The number of carboxylic acid groups (broad SMARTS) is 1. The van der Waals surface area contributed by atoms with Crippen LogP contribution in [0.15, 0.2) is 24.3 Å². The van der Waals surface area contributed by atoms with Gasteiger partial charge in [-0.3, -0.25) is 14.4 Å². The molecule has 0 bridgehead atoms. The lowest BCUT2D eigenvalue weighted by molar-refractivity contribution is -0.138. The number of thioether (sulfide) groups is 1. The standard InChI is InChI=1S/C16H21N2O4S/c1-11(19)18-14(9-12-5-3-2-4-6-12)15(20)10-23-8-7-13(17)16(21)22/h2-5,13-14H,7-10,17H2,1H3,(H,18,19)(H,21,22)/t13-,14?/m0/s1. The Kier molecular flexibility index (Phi) is 8.36. The number of aliphatic carboxylic acids is 1. The normalized spacial score (nSPS) is 13.1. The lowest BCUT2D eigenvalue weighted by atomic mass is 10.0. The first-order chi connectivity index (χ1) is 10.9. The van der Waals surface area contributed by atoms with Gasteiger partial charge in [-0.2, -0.15) is 11.8 Å². The minimum Gasteiger partial charge on any atom is -0.480 e. The van der Waals surface area contributed by atoms with Crippen molar-refractivity contribution in [2.24, 2.45) is 5.73 Å². The fourth-order valence-electron chi connectivity index (χ4n) is 1.88. The minimum absolute atomic E-state index is 0.105. The number of nitrogens with two attached hydrogens (primary N) is 1. The van der Waals surface area contributed by atoms with Gasteiger partial charge in [0.1, 0.15) is 6.04 Å². The van der Waals surface area contributed by atoms with Crippen molar-refractivity contribution >= 4 is 29.4 Å². The van der Waals surface area contributed by atoms with E-state index in [0.717, 1.165) is 5.56 Å². The van der Waals surface area contributed by atoms with Gasteiger partial charge < -0.3 is 16.2 Å². The maximum atomic E-state index is 12.3. The number of rotatable bonds is 10. The second-order valence-corrected chi connectivity index (χ2v) is 6.20. The molecule has 1 aromatic rings. The Balaban J connectivity index is 2.49. The summed E-state index contributed by atoms with van der Waals surface area (Å²) in [4.78, 5) is 34.2. The molecule has 23 heavy (non-hydrogen) atoms. The molecule has 0 fully saturated rings. The van der Waals surface area contributed by atoms with Crippen molar-refractivity contribution in [2.45, 2.75) is 31.8 Å². The van der Waals surface area contributed by atoms with Crippen LogP contribution in [0.5, 0.6) is 0 Å². The highest BCUT2D eigenvalue weighted by Crippen LogP contribution is 2.09. The van der Waals surface area contributed by atoms with Crippen LogP contribution in [-0.2, 0) is 20.8 Å². The van der Waals surface area contributed by atoms with Crippen molar-refractivity contribution in [3.05, 3.63) is 35.9 Å². The summed E-state index contributed by atoms with van der Waals surface area (Å²) in [5, 5.41) is 11.3. The number of benzene rings is 1. The Labute approximate surface area is 139 Å². The Bertz CT molecular complexity index is 536. The molecule has 0 aliphatic rings. The lowest BCUT2D eigenvalue weighted by Crippen LogP contribution is -2.42. The molecule has 0 saturated heterocycles. The Morgan fingerprint density at radius 3 is 2.70 bits per heavy atom. The van der Waals surface area contributed by atoms with Gasteiger partial charge in [0.2, 0.25) is 5.91 Å². The zero-order valence-electron chi connectivity index (χ0n) is 13.0. The molecule has 0 aliphatic heterocycles. The number of hydrogen-bond acceptors (Lipinski definition) is 5. The quantitative estimate of drug-likeness (QED) is 0.541. The van der Waals surface area contributed by atoms with Gasteiger partial charge >= 0.3 is 5.97 Å². The number of hydrogen-bond donors (Lipinski definition) is 3. The molecule has 0 aliphatic carbocycles. The molecule has 1 radical (unpaired) electrons. The molecule has 1 aromatic carbocycles. The SMILES string of the molecule is CC(=O)NC(Cc1[c]cccc1)C(=O)CSCC[C@H](N)C(=O)O. The van der Waals surface area contributed by atoms with Gasteiger partial charge in [-0.15, -0.1) is 0 Å². The highest BCUT2D eigenvalue weighted by Gasteiger charge is 2.20. The van der Waals surface area contributed by atoms with Crippen molar-refractivity contribution < 1.29 is 19.5 Å². The summed E-state index contributed by atoms with van der Waals surface area (Å²) in [7, 11) is 0. The van der Waals surface area contributed by atoms with Crippen LogP contribution >= 0.6 is 11.8 Å². The van der Waals surface area contributed by atoms with Gasteiger partial charge in [-0.1, -0.05) is 24.3 Å². The van der Waals surface area contributed by atoms with E-state index in [-0.39, 0.29) is 17.4 Å². The van der Waals surface area contributed by atoms with Crippen molar-refractivity contribution in [3.63, 3.8) is 0 Å². The molecule has 2 atom stereocenters. The maximum Gasteiger partial charge on any atom is 0.320 e. The fourth-order valence-corrected chi connectivity index (χ4v) is 2.84. The molecule has 0 heterocycles. The highest BCUT2D eigenvalue weighted by atomic mass is 32.2. The zero-order chi connectivity index (χ0) is 17.2. The van der Waals surface area contributed by atoms with Crippen LogP contribution in [0.25, 0.3) is 0 Å². The average Bonchev–Trinajstić information content (AvgIpc) is 2.50. The third kappa shape index (κ3) is 7.80. The van der Waals surface area contributed by atoms with E-state index in [9.17, 15) is 14.4 Å². The van der Waals surface area contributed by atoms with E-state index in [0.29, 0.717) is 18.6 Å². The summed E-state index contributed by atoms with van der Waals surface area (Å²) >= 11 is 1.32. The van der Waals surface area contributed by atoms with E-state index in [1.165, 1.54) is 18.7 Å². The largest absolute Gasteiger partial charge is 0.480 e. The van der Waals surface area contributed by atoms with Gasteiger partial charge in [0.05, 0.1) is 11.8 Å². The van der Waals surface area contributed by atoms with Gasteiger partial charge in [-0.25, -0.2) is 0 Å². The molecule has 4 N–H and O–H groups in total. The highest BCUT2D eigenvalue weighted by molar-refractivity contribution is 7.99. The number of Topliss-reactive ketones (excluding diaryl/α,β-unsaturated/α-hetero) is 1. The Morgan fingerprint density at radius 2 is 2.13 bits per heavy atom. The van der Waals surface area contributed by atoms with Crippen LogP contribution in [-0.4, -0.2) is 46.4 Å². The molecular formula is C16H21N2O4S. The predicted octanol–water partition coefficient (Wildman–Crippen LogP) is 0.638. The summed E-state index contributed by atoms with van der Waals surface area (Å²) in [6, 6.07) is 8.80. The molecule has 0 spiro atoms. The van der Waals surface area contributed by atoms with Crippen LogP contribution in [0, 0.1) is 6.07 Å². The minimum atomic E-state index is -1.05. The number of carboxylic acids is 1. The molecular weight excluding hydrogens is 316 g/mol. The van der Waals surface area contributed by atoms with Crippen LogP contribution in [0.4, 0.5) is 0 Å². The van der Waals surface area contributed by atoms with Gasteiger partial charge in [0.15, 0.2) is 5.78 Å². The predicted molar refractivity (Wildman–Crippen MR) is 89.1 cm³/mol. The summed E-state index contributed by atoms with van der Waals surface area (Å²) in [5.74, 6) is -0.746. The number of carbonyl (C=O) groups excluding carboxylic acids is 2. The van der Waals surface area contributed by atoms with Gasteiger partial charge in [0, 0.05) is 13.3 Å². The average molecular weight is 337 g/mol. The summed E-state index contributed by atoms with van der Waals surface area (Å²) < 4.78 is 0. The van der Waals surface area contributed by atoms with E-state index in [4.69, 9.17) is 10.8 Å². The van der Waals surface area contributed by atoms with Gasteiger partial charge in [-0.05, 0) is 23.8 Å². The molecule has 1 amide bonds. The maximum absolute atomic E-state index is 12.3. The van der Waals surface area contributed by atoms with E-state index in [2.05, 4.69) is 11.4 Å². The summed E-state index contributed by atoms with van der Waals surface area (Å²) in [5.41, 5.74) is 6.25. The first-order valence-corrected chi connectivity index (χ1v) is 8.37. The third-order valence-electron chi connectivity index (χ3n) is 3.10. The monoisotopic (exact) mass is 337 g/mol. The molecule has 6 nitrogen and oxygen atoms in total. The molecule has 0 aromatic heterocycles. The number of nitrogens with one attached hydrogen (secondary N) is 1. The molecule has 125 valence electrons. The molecule has 7 heteroatoms. The van der Waals surface area contributed by atoms with E-state index < -0.39 is 18.1 Å². The number of amides is 1. The molecule has 1 rings (SSSR count). The van der Waals surface area contributed by atoms with Crippen molar-refractivity contribution in [1.82, 2.24) is 5.32 Å². The Hall–Kier alpha value is -1.86. The topological polar surface area (TPSA) is 109 Å². The third-order valence-corrected chi connectivity index (χ3v) is 4.11. The van der Waals surface area contributed by atoms with Crippen molar-refractivity contribution in [3.8, 4) is 0 Å². The second-order valence-electron chi connectivity index (χ2n) is 5.10. The zero-order valence-corrected chi connectivity index (χ0v) is 13.8. The smallest absolute Gasteiger partial charge is 0.320 e. The van der Waals surface area contributed by atoms with Crippen LogP contribution in [0.3, 0.4) is 0 Å². The Morgan fingerprint density at radius 1 is 1.39 bits per heavy atom. The number of carbonyl (C=O) groups is 3. The van der Waals surface area contributed by atoms with E-state index in [1.54, 1.807) is 6.07 Å². The van der Waals surface area contributed by atoms with Crippen molar-refractivity contribution in [2.75, 3.05) is 11.5 Å². The van der Waals surface area contributed by atoms with Crippen LogP contribution in [0.2, 0.25) is 0 Å². The lowest BCUT2D eigenvalue weighted by Gasteiger charge is -2.16. The first-order valence-electron chi connectivity index (χ1n) is 7.21. The summed E-state index contributed by atoms with van der Waals surface area (Å²) in [6.07, 6.45) is 0.680. The molecule has 1 unspecified atom stereocenters. The van der Waals surface area contributed by atoms with Crippen LogP contribution < -0.4 is 11.1 Å². The van der Waals surface area contributed by atoms with Crippen LogP contribution in [0.1, 0.15) is 18.9 Å². The van der Waals surface area contributed by atoms with E-state index >= 15 is 0 Å². The summed E-state index contributed by atoms with van der Waals surface area (Å²) in [6.45, 7) is 1.37.